The van der Waals surface area contributed by atoms with Gasteiger partial charge in [0, 0.05) is 30.0 Å². The normalized spacial score (nSPS) is 18.5. The van der Waals surface area contributed by atoms with Gasteiger partial charge in [0.25, 0.3) is 5.56 Å². The molecule has 20 heavy (non-hydrogen) atoms. The smallest absolute Gasteiger partial charge is 0.277 e. The summed E-state index contributed by atoms with van der Waals surface area (Å²) in [5.41, 5.74) is 2.14. The summed E-state index contributed by atoms with van der Waals surface area (Å²) in [6, 6.07) is 1.94. The topological polar surface area (TPSA) is 67.8 Å². The maximum Gasteiger partial charge on any atom is 0.277 e. The Labute approximate surface area is 117 Å². The van der Waals surface area contributed by atoms with E-state index in [1.807, 2.05) is 6.07 Å². The molecule has 0 saturated carbocycles. The summed E-state index contributed by atoms with van der Waals surface area (Å²) in [5.74, 6) is 0.736. The molecule has 1 aliphatic rings. The molecule has 3 rings (SSSR count). The lowest BCUT2D eigenvalue weighted by molar-refractivity contribution is -0.120. The molecule has 1 N–H and O–H groups in total. The largest absolute Gasteiger partial charge is 0.352 e. The monoisotopic (exact) mass is 273 g/mol. The number of aromatic amines is 1. The van der Waals surface area contributed by atoms with Gasteiger partial charge in [0.1, 0.15) is 17.1 Å². The van der Waals surface area contributed by atoms with Crippen LogP contribution in [0.2, 0.25) is 0 Å². The summed E-state index contributed by atoms with van der Waals surface area (Å²) in [7, 11) is 0. The fourth-order valence-electron chi connectivity index (χ4n) is 2.67. The molecule has 1 atom stereocenters. The number of hydrogen-bond acceptors (Lipinski definition) is 3. The van der Waals surface area contributed by atoms with Crippen LogP contribution in [0.25, 0.3) is 11.0 Å². The molecule has 2 aromatic rings. The van der Waals surface area contributed by atoms with Crippen LogP contribution in [0.1, 0.15) is 39.2 Å². The molecule has 0 fully saturated rings. The number of carbonyl (C=O) groups is 1. The molecule has 1 aliphatic heterocycles. The molecular weight excluding hydrogens is 254 g/mol. The zero-order chi connectivity index (χ0) is 14.7. The summed E-state index contributed by atoms with van der Waals surface area (Å²) in [6.45, 7) is 8.31. The Hall–Kier alpha value is -1.91. The number of ketones is 1. The lowest BCUT2D eigenvalue weighted by Gasteiger charge is -2.15. The molecule has 2 aromatic heterocycles. The third kappa shape index (κ3) is 1.88. The van der Waals surface area contributed by atoms with Crippen molar-refractivity contribution < 1.29 is 4.79 Å². The minimum Gasteiger partial charge on any atom is -0.352 e. The molecule has 5 nitrogen and oxygen atoms in total. The maximum absolute atomic E-state index is 12.5. The average Bonchev–Trinajstić information content (AvgIpc) is 2.91. The van der Waals surface area contributed by atoms with Crippen molar-refractivity contribution in [1.29, 1.82) is 0 Å². The fourth-order valence-corrected chi connectivity index (χ4v) is 2.67. The molecule has 5 heteroatoms. The first-order valence-electron chi connectivity index (χ1n) is 6.90. The first-order chi connectivity index (χ1) is 9.27. The van der Waals surface area contributed by atoms with Crippen molar-refractivity contribution in [3.8, 4) is 0 Å². The number of rotatable bonds is 1. The molecule has 0 bridgehead atoms. The Balaban J connectivity index is 2.17. The van der Waals surface area contributed by atoms with Crippen LogP contribution in [-0.2, 0) is 23.2 Å². The van der Waals surface area contributed by atoms with Crippen LogP contribution in [-0.4, -0.2) is 20.3 Å². The maximum atomic E-state index is 12.5. The third-order valence-corrected chi connectivity index (χ3v) is 4.03. The number of nitrogens with one attached hydrogen (secondary N) is 1. The van der Waals surface area contributed by atoms with Crippen molar-refractivity contribution in [1.82, 2.24) is 14.5 Å². The van der Waals surface area contributed by atoms with Crippen molar-refractivity contribution in [2.24, 2.45) is 5.92 Å². The lowest BCUT2D eigenvalue weighted by Crippen LogP contribution is -2.22. The molecule has 0 aliphatic carbocycles. The number of Topliss-reactive ketones (excluding diaryl/α,β-unsaturated/α-hetero) is 1. The summed E-state index contributed by atoms with van der Waals surface area (Å²) >= 11 is 0. The van der Waals surface area contributed by atoms with Crippen molar-refractivity contribution in [2.45, 2.75) is 46.1 Å². The zero-order valence-corrected chi connectivity index (χ0v) is 12.3. The van der Waals surface area contributed by atoms with E-state index in [9.17, 15) is 9.59 Å². The van der Waals surface area contributed by atoms with Gasteiger partial charge in [0.2, 0.25) is 0 Å². The highest BCUT2D eigenvalue weighted by atomic mass is 16.1. The molecule has 0 amide bonds. The van der Waals surface area contributed by atoms with Gasteiger partial charge in [-0.25, -0.2) is 4.98 Å². The second-order valence-electron chi connectivity index (χ2n) is 6.65. The number of carbonyl (C=O) groups excluding carboxylic acids is 1. The summed E-state index contributed by atoms with van der Waals surface area (Å²) in [6.07, 6.45) is 0.566. The van der Waals surface area contributed by atoms with Crippen molar-refractivity contribution in [3.05, 3.63) is 27.9 Å². The Morgan fingerprint density at radius 1 is 1.45 bits per heavy atom. The second-order valence-corrected chi connectivity index (χ2v) is 6.65. The van der Waals surface area contributed by atoms with Crippen molar-refractivity contribution >= 4 is 16.8 Å². The van der Waals surface area contributed by atoms with Gasteiger partial charge < -0.3 is 4.98 Å². The Kier molecular flexibility index (Phi) is 2.64. The SMILES string of the molecule is CC(=O)[C@@H]1Cc2nc3cc(C(C)(C)C)[nH]c3c(=O)n2C1. The van der Waals surface area contributed by atoms with Crippen LogP contribution >= 0.6 is 0 Å². The van der Waals surface area contributed by atoms with Crippen LogP contribution in [0.5, 0.6) is 0 Å². The van der Waals surface area contributed by atoms with E-state index in [1.165, 1.54) is 0 Å². The van der Waals surface area contributed by atoms with Gasteiger partial charge >= 0.3 is 0 Å². The number of hydrogen-bond donors (Lipinski definition) is 1. The van der Waals surface area contributed by atoms with Crippen LogP contribution in [0.15, 0.2) is 10.9 Å². The Morgan fingerprint density at radius 3 is 2.75 bits per heavy atom. The lowest BCUT2D eigenvalue weighted by atomic mass is 9.93. The van der Waals surface area contributed by atoms with Gasteiger partial charge in [-0.3, -0.25) is 14.2 Å². The number of aromatic nitrogens is 3. The molecule has 0 aromatic carbocycles. The number of H-pyrrole nitrogens is 1. The van der Waals surface area contributed by atoms with Gasteiger partial charge in [-0.2, -0.15) is 0 Å². The van der Waals surface area contributed by atoms with E-state index in [0.29, 0.717) is 24.0 Å². The zero-order valence-electron chi connectivity index (χ0n) is 12.3. The minimum absolute atomic E-state index is 0.0514. The van der Waals surface area contributed by atoms with Gasteiger partial charge in [0.15, 0.2) is 0 Å². The van der Waals surface area contributed by atoms with Gasteiger partial charge in [-0.05, 0) is 13.0 Å². The summed E-state index contributed by atoms with van der Waals surface area (Å²) < 4.78 is 1.64. The van der Waals surface area contributed by atoms with Crippen LogP contribution < -0.4 is 5.56 Å². The predicted molar refractivity (Wildman–Crippen MR) is 76.9 cm³/mol. The van der Waals surface area contributed by atoms with E-state index in [2.05, 4.69) is 30.7 Å². The third-order valence-electron chi connectivity index (χ3n) is 4.03. The van der Waals surface area contributed by atoms with Crippen LogP contribution in [0.3, 0.4) is 0 Å². The summed E-state index contributed by atoms with van der Waals surface area (Å²) in [5, 5.41) is 0. The molecule has 0 spiro atoms. The van der Waals surface area contributed by atoms with E-state index >= 15 is 0 Å². The Bertz CT molecular complexity index is 762. The van der Waals surface area contributed by atoms with E-state index in [0.717, 1.165) is 11.5 Å². The molecule has 0 saturated heterocycles. The van der Waals surface area contributed by atoms with Crippen LogP contribution in [0.4, 0.5) is 0 Å². The number of nitrogens with zero attached hydrogens (tertiary/aromatic N) is 2. The number of fused-ring (bicyclic) bond motifs is 2. The molecular formula is C15H19N3O2. The van der Waals surface area contributed by atoms with E-state index in [4.69, 9.17) is 0 Å². The van der Waals surface area contributed by atoms with E-state index < -0.39 is 0 Å². The molecule has 106 valence electrons. The predicted octanol–water partition coefficient (Wildman–Crippen LogP) is 1.78. The molecule has 3 heterocycles. The fraction of sp³-hybridized carbons (Fsp3) is 0.533. The highest BCUT2D eigenvalue weighted by Crippen LogP contribution is 2.25. The van der Waals surface area contributed by atoms with E-state index in [-0.39, 0.29) is 22.7 Å². The highest BCUT2D eigenvalue weighted by Gasteiger charge is 2.28. The van der Waals surface area contributed by atoms with Crippen molar-refractivity contribution in [3.63, 3.8) is 0 Å². The van der Waals surface area contributed by atoms with Crippen LogP contribution in [0, 0.1) is 5.92 Å². The second kappa shape index (κ2) is 4.04. The Morgan fingerprint density at radius 2 is 2.15 bits per heavy atom. The van der Waals surface area contributed by atoms with Gasteiger partial charge in [0.05, 0.1) is 5.52 Å². The molecule has 0 radical (unpaired) electrons. The highest BCUT2D eigenvalue weighted by molar-refractivity contribution is 5.80. The summed E-state index contributed by atoms with van der Waals surface area (Å²) in [4.78, 5) is 31.8. The van der Waals surface area contributed by atoms with Gasteiger partial charge in [-0.15, -0.1) is 0 Å². The quantitative estimate of drug-likeness (QED) is 0.861. The first-order valence-corrected chi connectivity index (χ1v) is 6.90. The van der Waals surface area contributed by atoms with Crippen molar-refractivity contribution in [2.75, 3.05) is 0 Å². The first kappa shape index (κ1) is 13.1. The van der Waals surface area contributed by atoms with E-state index in [1.54, 1.807) is 11.5 Å². The molecule has 0 unspecified atom stereocenters. The average molecular weight is 273 g/mol. The minimum atomic E-state index is -0.108. The standard InChI is InChI=1S/C15H19N3O2/c1-8(19)9-5-12-16-10-6-11(15(2,3)4)17-13(10)14(20)18(12)7-9/h6,9,17H,5,7H2,1-4H3/t9-/m1/s1. The van der Waals surface area contributed by atoms with Gasteiger partial charge in [-0.1, -0.05) is 20.8 Å².